The number of rotatable bonds is 7. The van der Waals surface area contributed by atoms with Crippen LogP contribution in [0.5, 0.6) is 5.75 Å². The minimum atomic E-state index is -1.24. The van der Waals surface area contributed by atoms with E-state index in [1.807, 2.05) is 42.5 Å². The number of ether oxygens (including phenoxy) is 1. The van der Waals surface area contributed by atoms with E-state index in [1.165, 1.54) is 4.90 Å². The van der Waals surface area contributed by atoms with Crippen LogP contribution in [0.2, 0.25) is 0 Å². The van der Waals surface area contributed by atoms with Crippen molar-refractivity contribution < 1.29 is 19.1 Å². The van der Waals surface area contributed by atoms with E-state index in [9.17, 15) is 14.4 Å². The molecule has 7 heteroatoms. The molecule has 1 aliphatic carbocycles. The lowest BCUT2D eigenvalue weighted by molar-refractivity contribution is -0.144. The van der Waals surface area contributed by atoms with Crippen molar-refractivity contribution in [3.05, 3.63) is 71.9 Å². The van der Waals surface area contributed by atoms with Crippen molar-refractivity contribution in [1.82, 2.24) is 14.8 Å². The van der Waals surface area contributed by atoms with Gasteiger partial charge in [0.05, 0.1) is 18.0 Å². The molecular weight excluding hydrogens is 454 g/mol. The summed E-state index contributed by atoms with van der Waals surface area (Å²) in [7, 11) is 3.31. The number of likely N-dealkylation sites (tertiary alicyclic amines) is 1. The molecule has 2 aliphatic rings. The number of aromatic nitrogens is 1. The van der Waals surface area contributed by atoms with Crippen LogP contribution in [0.4, 0.5) is 0 Å². The van der Waals surface area contributed by atoms with Gasteiger partial charge in [-0.15, -0.1) is 0 Å². The van der Waals surface area contributed by atoms with E-state index < -0.39 is 5.41 Å². The molecule has 1 saturated heterocycles. The summed E-state index contributed by atoms with van der Waals surface area (Å²) in [6.45, 7) is 0.379. The Hall–Kier alpha value is -3.74. The molecule has 2 fully saturated rings. The molecule has 0 N–H and O–H groups in total. The Bertz CT molecular complexity index is 1310. The van der Waals surface area contributed by atoms with E-state index in [0.717, 1.165) is 42.1 Å². The number of carbonyl (C=O) groups excluding carboxylic acids is 3. The molecule has 1 aromatic heterocycles. The molecule has 1 aliphatic heterocycles. The molecular formula is C29H31N3O4. The highest BCUT2D eigenvalue weighted by Crippen LogP contribution is 2.44. The van der Waals surface area contributed by atoms with Crippen LogP contribution in [-0.4, -0.2) is 52.7 Å². The number of pyridine rings is 1. The average Bonchev–Trinajstić information content (AvgIpc) is 3.50. The van der Waals surface area contributed by atoms with E-state index in [1.54, 1.807) is 37.4 Å². The van der Waals surface area contributed by atoms with Crippen LogP contribution < -0.4 is 4.74 Å². The lowest BCUT2D eigenvalue weighted by Crippen LogP contribution is -2.45. The molecule has 1 saturated carbocycles. The Morgan fingerprint density at radius 3 is 2.67 bits per heavy atom. The fraction of sp³-hybridized carbons (Fsp3) is 0.379. The van der Waals surface area contributed by atoms with Gasteiger partial charge in [0, 0.05) is 44.1 Å². The first-order valence-corrected chi connectivity index (χ1v) is 12.5. The monoisotopic (exact) mass is 485 g/mol. The maximum absolute atomic E-state index is 14.0. The van der Waals surface area contributed by atoms with Crippen LogP contribution in [0.25, 0.3) is 10.9 Å². The van der Waals surface area contributed by atoms with E-state index >= 15 is 0 Å². The van der Waals surface area contributed by atoms with Gasteiger partial charge in [0.2, 0.25) is 17.7 Å². The van der Waals surface area contributed by atoms with Gasteiger partial charge in [-0.2, -0.15) is 0 Å². The second-order valence-electron chi connectivity index (χ2n) is 9.91. The van der Waals surface area contributed by atoms with Crippen LogP contribution in [0.3, 0.4) is 0 Å². The van der Waals surface area contributed by atoms with Gasteiger partial charge < -0.3 is 9.64 Å². The normalized spacial score (nSPS) is 20.3. The summed E-state index contributed by atoms with van der Waals surface area (Å²) in [5.74, 6) is -0.0438. The van der Waals surface area contributed by atoms with Gasteiger partial charge in [0.25, 0.3) is 0 Å². The number of amides is 3. The molecule has 0 unspecified atom stereocenters. The molecule has 0 radical (unpaired) electrons. The van der Waals surface area contributed by atoms with Crippen molar-refractivity contribution >= 4 is 28.6 Å². The zero-order chi connectivity index (χ0) is 25.3. The van der Waals surface area contributed by atoms with Crippen LogP contribution in [0, 0.1) is 0 Å². The third-order valence-corrected chi connectivity index (χ3v) is 7.68. The quantitative estimate of drug-likeness (QED) is 0.468. The number of hydrogen-bond acceptors (Lipinski definition) is 5. The first-order valence-electron chi connectivity index (χ1n) is 12.5. The van der Waals surface area contributed by atoms with Crippen molar-refractivity contribution in [2.24, 2.45) is 0 Å². The molecule has 0 spiro atoms. The van der Waals surface area contributed by atoms with E-state index in [0.29, 0.717) is 17.9 Å². The van der Waals surface area contributed by atoms with Crippen molar-refractivity contribution in [2.45, 2.75) is 56.5 Å². The van der Waals surface area contributed by atoms with Gasteiger partial charge in [0.1, 0.15) is 5.75 Å². The maximum atomic E-state index is 14.0. The van der Waals surface area contributed by atoms with Crippen LogP contribution in [0.1, 0.15) is 49.7 Å². The maximum Gasteiger partial charge on any atom is 0.241 e. The smallest absolute Gasteiger partial charge is 0.241 e. The lowest BCUT2D eigenvalue weighted by Gasteiger charge is -2.31. The van der Waals surface area contributed by atoms with Gasteiger partial charge in [-0.1, -0.05) is 43.2 Å². The Morgan fingerprint density at radius 2 is 1.89 bits per heavy atom. The zero-order valence-electron chi connectivity index (χ0n) is 20.8. The highest BCUT2D eigenvalue weighted by molar-refractivity contribution is 6.11. The van der Waals surface area contributed by atoms with Gasteiger partial charge in [0.15, 0.2) is 0 Å². The predicted octanol–water partition coefficient (Wildman–Crippen LogP) is 4.23. The van der Waals surface area contributed by atoms with Crippen molar-refractivity contribution in [1.29, 1.82) is 0 Å². The summed E-state index contributed by atoms with van der Waals surface area (Å²) >= 11 is 0. The summed E-state index contributed by atoms with van der Waals surface area (Å²) in [5.41, 5.74) is 1.26. The second-order valence-corrected chi connectivity index (χ2v) is 9.91. The van der Waals surface area contributed by atoms with Crippen LogP contribution in [0.15, 0.2) is 60.8 Å². The van der Waals surface area contributed by atoms with Crippen LogP contribution in [-0.2, 0) is 26.3 Å². The minimum absolute atomic E-state index is 0.00668. The summed E-state index contributed by atoms with van der Waals surface area (Å²) in [6, 6.07) is 16.9. The number of methoxy groups -OCH3 is 1. The zero-order valence-corrected chi connectivity index (χ0v) is 20.8. The molecule has 0 bridgehead atoms. The van der Waals surface area contributed by atoms with E-state index in [4.69, 9.17) is 4.74 Å². The third-order valence-electron chi connectivity index (χ3n) is 7.68. The van der Waals surface area contributed by atoms with Crippen molar-refractivity contribution in [3.8, 4) is 5.75 Å². The summed E-state index contributed by atoms with van der Waals surface area (Å²) in [5, 5.41) is 0.988. The summed E-state index contributed by atoms with van der Waals surface area (Å²) < 4.78 is 5.41. The van der Waals surface area contributed by atoms with Gasteiger partial charge in [-0.25, -0.2) is 0 Å². The minimum Gasteiger partial charge on any atom is -0.497 e. The molecule has 186 valence electrons. The van der Waals surface area contributed by atoms with Crippen molar-refractivity contribution in [3.63, 3.8) is 0 Å². The first kappa shape index (κ1) is 24.0. The number of nitrogens with zero attached hydrogens (tertiary/aromatic N) is 3. The number of imide groups is 1. The first-order chi connectivity index (χ1) is 17.4. The molecule has 2 heterocycles. The molecule has 36 heavy (non-hydrogen) atoms. The molecule has 1 atom stereocenters. The van der Waals surface area contributed by atoms with Gasteiger partial charge >= 0.3 is 0 Å². The Labute approximate surface area is 211 Å². The molecule has 7 nitrogen and oxygen atoms in total. The third kappa shape index (κ3) is 4.23. The van der Waals surface area contributed by atoms with Gasteiger partial charge in [-0.05, 0) is 48.2 Å². The highest BCUT2D eigenvalue weighted by atomic mass is 16.5. The number of fused-ring (bicyclic) bond motifs is 1. The molecule has 2 aromatic carbocycles. The number of carbonyl (C=O) groups is 3. The fourth-order valence-corrected chi connectivity index (χ4v) is 5.72. The largest absolute Gasteiger partial charge is 0.497 e. The topological polar surface area (TPSA) is 79.8 Å². The van der Waals surface area contributed by atoms with E-state index in [2.05, 4.69) is 4.98 Å². The highest BCUT2D eigenvalue weighted by Gasteiger charge is 2.55. The fourth-order valence-electron chi connectivity index (χ4n) is 5.72. The number of hydrogen-bond donors (Lipinski definition) is 0. The van der Waals surface area contributed by atoms with Gasteiger partial charge in [-0.3, -0.25) is 24.3 Å². The molecule has 5 rings (SSSR count). The van der Waals surface area contributed by atoms with Crippen molar-refractivity contribution in [2.75, 3.05) is 14.2 Å². The lowest BCUT2D eigenvalue weighted by atomic mass is 9.75. The summed E-state index contributed by atoms with van der Waals surface area (Å²) in [4.78, 5) is 48.4. The standard InChI is InChI=1S/C29H31N3O4/c1-31(19-20-8-5-14-25-24(20)13-7-15-30-25)26(33)17-29(21-9-6-12-23(16-21)36-2)18-27(34)32(28(29)35)22-10-3-4-11-22/h5-9,12-16,22H,3-4,10-11,17-19H2,1-2H3/t29-/m1/s1. The Balaban J connectivity index is 1.46. The molecule has 3 aromatic rings. The average molecular weight is 486 g/mol. The summed E-state index contributed by atoms with van der Waals surface area (Å²) in [6.07, 6.45) is 5.34. The van der Waals surface area contributed by atoms with E-state index in [-0.39, 0.29) is 36.6 Å². The Morgan fingerprint density at radius 1 is 1.11 bits per heavy atom. The van der Waals surface area contributed by atoms with Crippen LogP contribution >= 0.6 is 0 Å². The second kappa shape index (κ2) is 9.72. The predicted molar refractivity (Wildman–Crippen MR) is 136 cm³/mol. The SMILES string of the molecule is COc1cccc([C@@]2(CC(=O)N(C)Cc3cccc4ncccc34)CC(=O)N(C3CCCC3)C2=O)c1. The Kier molecular flexibility index (Phi) is 6.48. The number of benzene rings is 2. The molecule has 3 amide bonds.